The minimum absolute atomic E-state index is 0.460. The maximum atomic E-state index is 3.89. The van der Waals surface area contributed by atoms with E-state index in [0.717, 1.165) is 0 Å². The Hall–Kier alpha value is 0.177. The van der Waals surface area contributed by atoms with Crippen LogP contribution < -0.4 is 4.98 Å². The molecule has 0 heterocycles. The first-order valence-corrected chi connectivity index (χ1v) is 15.1. The molecule has 0 rings (SSSR count). The Labute approximate surface area is 168 Å². The van der Waals surface area contributed by atoms with E-state index >= 15 is 0 Å². The molecule has 2 heteroatoms. The van der Waals surface area contributed by atoms with E-state index in [1.165, 1.54) is 109 Å². The Balaban J connectivity index is 3.21. The van der Waals surface area contributed by atoms with Crippen molar-refractivity contribution in [3.8, 4) is 0 Å². The van der Waals surface area contributed by atoms with Crippen molar-refractivity contribution in [2.45, 2.75) is 149 Å². The van der Waals surface area contributed by atoms with Gasteiger partial charge < -0.3 is 4.98 Å². The summed E-state index contributed by atoms with van der Waals surface area (Å²) < 4.78 is 0. The third kappa shape index (κ3) is 15.3. The molecule has 26 heavy (non-hydrogen) atoms. The molecular weight excluding hydrogens is 330 g/mol. The molecule has 0 fully saturated rings. The van der Waals surface area contributed by atoms with Gasteiger partial charge in [-0.05, 0) is 18.0 Å². The van der Waals surface area contributed by atoms with Gasteiger partial charge in [0.25, 0.3) is 0 Å². The quantitative estimate of drug-likeness (QED) is 0.184. The lowest BCUT2D eigenvalue weighted by molar-refractivity contribution is 0.528. The number of hydrogen-bond donors (Lipinski definition) is 1. The smallest absolute Gasteiger partial charge is 0.124 e. The second-order valence-corrected chi connectivity index (χ2v) is 15.2. The summed E-state index contributed by atoms with van der Waals surface area (Å²) in [5.41, 5.74) is 0. The van der Waals surface area contributed by atoms with Crippen molar-refractivity contribution in [1.82, 2.24) is 4.98 Å². The molecule has 0 spiro atoms. The van der Waals surface area contributed by atoms with Crippen LogP contribution in [0, 0.1) is 0 Å². The average molecular weight is 384 g/mol. The fourth-order valence-corrected chi connectivity index (χ4v) is 4.67. The molecule has 0 aromatic rings. The zero-order valence-electron chi connectivity index (χ0n) is 19.5. The first-order chi connectivity index (χ1) is 12.3. The molecule has 0 aromatic heterocycles. The highest BCUT2D eigenvalue weighted by Crippen LogP contribution is 2.33. The molecule has 0 bridgehead atoms. The van der Waals surface area contributed by atoms with Crippen molar-refractivity contribution in [2.24, 2.45) is 0 Å². The van der Waals surface area contributed by atoms with E-state index in [0.29, 0.717) is 5.04 Å². The van der Waals surface area contributed by atoms with E-state index in [4.69, 9.17) is 0 Å². The van der Waals surface area contributed by atoms with Crippen LogP contribution in [0.25, 0.3) is 0 Å². The van der Waals surface area contributed by atoms with E-state index in [1.54, 1.807) is 0 Å². The second kappa shape index (κ2) is 16.2. The molecule has 0 unspecified atom stereocenters. The van der Waals surface area contributed by atoms with Crippen molar-refractivity contribution in [1.29, 1.82) is 0 Å². The predicted octanol–water partition coefficient (Wildman–Crippen LogP) is 8.84. The molecule has 1 N–H and O–H groups in total. The molecule has 0 saturated carbocycles. The number of rotatable bonds is 18. The van der Waals surface area contributed by atoms with Gasteiger partial charge in [0.05, 0.1) is 0 Å². The van der Waals surface area contributed by atoms with Crippen LogP contribution in [0.2, 0.25) is 18.1 Å². The fourth-order valence-electron chi connectivity index (χ4n) is 3.34. The lowest BCUT2D eigenvalue weighted by Gasteiger charge is -2.37. The summed E-state index contributed by atoms with van der Waals surface area (Å²) in [6, 6.07) is 0. The fraction of sp³-hybridized carbons (Fsp3) is 1.00. The van der Waals surface area contributed by atoms with Gasteiger partial charge in [-0.2, -0.15) is 0 Å². The number of unbranched alkanes of at least 4 members (excludes halogenated alkanes) is 15. The van der Waals surface area contributed by atoms with Crippen molar-refractivity contribution in [3.63, 3.8) is 0 Å². The van der Waals surface area contributed by atoms with Gasteiger partial charge in [-0.15, -0.1) is 0 Å². The highest BCUT2D eigenvalue weighted by molar-refractivity contribution is 6.77. The molecule has 0 aliphatic carbocycles. The van der Waals surface area contributed by atoms with Crippen LogP contribution >= 0.6 is 0 Å². The number of nitrogens with one attached hydrogen (secondary N) is 1. The minimum atomic E-state index is -1.26. The van der Waals surface area contributed by atoms with Crippen molar-refractivity contribution in [2.75, 3.05) is 6.54 Å². The highest BCUT2D eigenvalue weighted by Gasteiger charge is 2.34. The van der Waals surface area contributed by atoms with Crippen LogP contribution in [0.5, 0.6) is 0 Å². The zero-order valence-corrected chi connectivity index (χ0v) is 20.5. The van der Waals surface area contributed by atoms with E-state index in [1.807, 2.05) is 0 Å². The normalized spacial score (nSPS) is 12.7. The summed E-state index contributed by atoms with van der Waals surface area (Å²) in [5, 5.41) is 0.460. The molecule has 0 atom stereocenters. The van der Waals surface area contributed by atoms with Crippen LogP contribution in [-0.2, 0) is 0 Å². The topological polar surface area (TPSA) is 12.0 Å². The average Bonchev–Trinajstić information content (AvgIpc) is 2.56. The van der Waals surface area contributed by atoms with Crippen LogP contribution in [0.4, 0.5) is 0 Å². The van der Waals surface area contributed by atoms with E-state index in [9.17, 15) is 0 Å². The third-order valence-corrected chi connectivity index (χ3v) is 11.4. The van der Waals surface area contributed by atoms with Gasteiger partial charge in [0.15, 0.2) is 0 Å². The summed E-state index contributed by atoms with van der Waals surface area (Å²) in [6.07, 6.45) is 23.2. The molecule has 0 aliphatic heterocycles. The molecule has 0 aliphatic rings. The lowest BCUT2D eigenvalue weighted by Crippen LogP contribution is -2.52. The van der Waals surface area contributed by atoms with Gasteiger partial charge in [0.1, 0.15) is 8.24 Å². The minimum Gasteiger partial charge on any atom is -0.337 e. The maximum Gasteiger partial charge on any atom is 0.124 e. The first-order valence-electron chi connectivity index (χ1n) is 12.1. The number of hydrogen-bond acceptors (Lipinski definition) is 1. The standard InChI is InChI=1S/C24H53NSi/c1-7-8-9-10-11-12-13-14-15-16-17-18-19-20-21-22-23-25-26(5,6)24(2,3)4/h25H,7-23H2,1-6H3. The Morgan fingerprint density at radius 1 is 0.538 bits per heavy atom. The monoisotopic (exact) mass is 383 g/mol. The van der Waals surface area contributed by atoms with E-state index < -0.39 is 8.24 Å². The first kappa shape index (κ1) is 26.2. The highest BCUT2D eigenvalue weighted by atomic mass is 28.3. The van der Waals surface area contributed by atoms with Gasteiger partial charge in [-0.3, -0.25) is 0 Å². The Morgan fingerprint density at radius 2 is 0.846 bits per heavy atom. The van der Waals surface area contributed by atoms with Crippen molar-refractivity contribution in [3.05, 3.63) is 0 Å². The molecule has 0 saturated heterocycles. The largest absolute Gasteiger partial charge is 0.337 e. The summed E-state index contributed by atoms with van der Waals surface area (Å²) in [4.78, 5) is 3.89. The van der Waals surface area contributed by atoms with Crippen LogP contribution in [0.15, 0.2) is 0 Å². The SMILES string of the molecule is CCCCCCCCCCCCCCCCCCN[Si](C)(C)C(C)(C)C. The zero-order chi connectivity index (χ0) is 19.7. The molecule has 0 aromatic carbocycles. The van der Waals surface area contributed by atoms with Crippen LogP contribution in [0.1, 0.15) is 130 Å². The summed E-state index contributed by atoms with van der Waals surface area (Å²) in [6.45, 7) is 15.6. The summed E-state index contributed by atoms with van der Waals surface area (Å²) >= 11 is 0. The predicted molar refractivity (Wildman–Crippen MR) is 125 cm³/mol. The van der Waals surface area contributed by atoms with Crippen LogP contribution in [0.3, 0.4) is 0 Å². The molecule has 158 valence electrons. The van der Waals surface area contributed by atoms with Gasteiger partial charge in [0.2, 0.25) is 0 Å². The Morgan fingerprint density at radius 3 is 1.15 bits per heavy atom. The summed E-state index contributed by atoms with van der Waals surface area (Å²) in [7, 11) is -1.26. The van der Waals surface area contributed by atoms with Gasteiger partial charge >= 0.3 is 0 Å². The summed E-state index contributed by atoms with van der Waals surface area (Å²) in [5.74, 6) is 0. The van der Waals surface area contributed by atoms with Gasteiger partial charge in [-0.1, -0.05) is 137 Å². The maximum absolute atomic E-state index is 3.89. The van der Waals surface area contributed by atoms with E-state index in [2.05, 4.69) is 45.8 Å². The van der Waals surface area contributed by atoms with Crippen molar-refractivity contribution < 1.29 is 0 Å². The molecule has 0 amide bonds. The lowest BCUT2D eigenvalue weighted by atomic mass is 10.0. The van der Waals surface area contributed by atoms with Crippen molar-refractivity contribution >= 4 is 8.24 Å². The van der Waals surface area contributed by atoms with Crippen LogP contribution in [-0.4, -0.2) is 14.8 Å². The van der Waals surface area contributed by atoms with Gasteiger partial charge in [-0.25, -0.2) is 0 Å². The Bertz CT molecular complexity index is 293. The van der Waals surface area contributed by atoms with E-state index in [-0.39, 0.29) is 0 Å². The van der Waals surface area contributed by atoms with Gasteiger partial charge in [0, 0.05) is 0 Å². The Kier molecular flexibility index (Phi) is 16.3. The molecule has 1 nitrogen and oxygen atoms in total. The second-order valence-electron chi connectivity index (χ2n) is 10.1. The third-order valence-electron chi connectivity index (χ3n) is 6.47. The molecule has 0 radical (unpaired) electrons. The molecular formula is C24H53NSi.